The zero-order chi connectivity index (χ0) is 20.5. The summed E-state index contributed by atoms with van der Waals surface area (Å²) in [6.45, 7) is -0.165. The van der Waals surface area contributed by atoms with Gasteiger partial charge in [0.1, 0.15) is 6.67 Å². The molecule has 1 heterocycles. The van der Waals surface area contributed by atoms with Crippen molar-refractivity contribution in [2.45, 2.75) is 0 Å². The first kappa shape index (κ1) is 19.8. The van der Waals surface area contributed by atoms with Crippen LogP contribution < -0.4 is 4.90 Å². The van der Waals surface area contributed by atoms with E-state index in [0.717, 1.165) is 12.9 Å². The summed E-state index contributed by atoms with van der Waals surface area (Å²) >= 11 is 5.51. The number of hydrogen-bond donors (Lipinski definition) is 0. The summed E-state index contributed by atoms with van der Waals surface area (Å²) in [5.74, 6) is -1.09. The van der Waals surface area contributed by atoms with Crippen LogP contribution >= 0.6 is 38.5 Å². The number of rotatable bonds is 4. The Balaban J connectivity index is 1.73. The molecule has 0 unspecified atom stereocenters. The van der Waals surface area contributed by atoms with Gasteiger partial charge in [0.05, 0.1) is 16.8 Å². The zero-order valence-electron chi connectivity index (χ0n) is 15.0. The second kappa shape index (κ2) is 8.08. The average molecular weight is 561 g/mol. The van der Waals surface area contributed by atoms with E-state index in [0.29, 0.717) is 22.4 Å². The maximum atomic E-state index is 13.3. The number of fused-ring (bicyclic) bond motifs is 1. The van der Waals surface area contributed by atoms with E-state index in [-0.39, 0.29) is 12.6 Å². The predicted molar refractivity (Wildman–Crippen MR) is 122 cm³/mol. The van der Waals surface area contributed by atoms with E-state index in [2.05, 4.69) is 38.5 Å². The largest absolute Gasteiger partial charge is 0.288 e. The number of carbonyl (C=O) groups excluding carboxylic acids is 3. The van der Waals surface area contributed by atoms with E-state index in [1.165, 1.54) is 4.90 Å². The second-order valence-electron chi connectivity index (χ2n) is 6.42. The first-order valence-corrected chi connectivity index (χ1v) is 10.6. The maximum absolute atomic E-state index is 13.3. The molecule has 4 rings (SSSR count). The van der Waals surface area contributed by atoms with Crippen LogP contribution in [0.15, 0.2) is 77.3 Å². The smallest absolute Gasteiger partial charge is 0.263 e. The lowest BCUT2D eigenvalue weighted by molar-refractivity contribution is 0.0650. The first-order chi connectivity index (χ1) is 14.0. The Bertz CT molecular complexity index is 1100. The third-order valence-corrected chi connectivity index (χ3v) is 6.08. The lowest BCUT2D eigenvalue weighted by atomic mass is 10.1. The number of nitrogens with zero attached hydrogens (tertiary/aromatic N) is 2. The minimum Gasteiger partial charge on any atom is -0.288 e. The van der Waals surface area contributed by atoms with Gasteiger partial charge < -0.3 is 0 Å². The van der Waals surface area contributed by atoms with Gasteiger partial charge in [0, 0.05) is 13.6 Å². The molecular weight excluding hydrogens is 547 g/mol. The fraction of sp³-hybridized carbons (Fsp3) is 0.0455. The number of anilines is 1. The SMILES string of the molecule is O=C1c2ccccc2C(=O)N1CN(C(=O)c1ccc(Br)cc1)c1ccccc1I. The van der Waals surface area contributed by atoms with Crippen molar-refractivity contribution < 1.29 is 14.4 Å². The monoisotopic (exact) mass is 560 g/mol. The molecule has 1 aliphatic heterocycles. The molecule has 0 aliphatic carbocycles. The Kier molecular flexibility index (Phi) is 5.51. The van der Waals surface area contributed by atoms with Crippen molar-refractivity contribution in [1.82, 2.24) is 4.90 Å². The fourth-order valence-electron chi connectivity index (χ4n) is 3.18. The van der Waals surface area contributed by atoms with Gasteiger partial charge >= 0.3 is 0 Å². The molecule has 5 nitrogen and oxygen atoms in total. The zero-order valence-corrected chi connectivity index (χ0v) is 18.8. The van der Waals surface area contributed by atoms with E-state index in [1.807, 2.05) is 18.2 Å². The second-order valence-corrected chi connectivity index (χ2v) is 8.49. The highest BCUT2D eigenvalue weighted by Gasteiger charge is 2.37. The molecule has 0 atom stereocenters. The Morgan fingerprint density at radius 3 is 2.00 bits per heavy atom. The molecule has 0 bridgehead atoms. The highest BCUT2D eigenvalue weighted by molar-refractivity contribution is 14.1. The summed E-state index contributed by atoms with van der Waals surface area (Å²) in [5, 5.41) is 0. The van der Waals surface area contributed by atoms with E-state index >= 15 is 0 Å². The third-order valence-electron chi connectivity index (χ3n) is 4.64. The molecule has 7 heteroatoms. The van der Waals surface area contributed by atoms with E-state index < -0.39 is 11.8 Å². The third kappa shape index (κ3) is 3.72. The first-order valence-electron chi connectivity index (χ1n) is 8.74. The molecule has 0 saturated heterocycles. The number of hydrogen-bond acceptors (Lipinski definition) is 3. The number of para-hydroxylation sites is 1. The minimum atomic E-state index is -0.398. The molecule has 0 aromatic heterocycles. The summed E-state index contributed by atoms with van der Waals surface area (Å²) in [4.78, 5) is 41.6. The van der Waals surface area contributed by atoms with Crippen molar-refractivity contribution in [3.05, 3.63) is 97.5 Å². The number of imide groups is 1. The van der Waals surface area contributed by atoms with Crippen molar-refractivity contribution >= 4 is 61.9 Å². The van der Waals surface area contributed by atoms with E-state index in [4.69, 9.17) is 0 Å². The van der Waals surface area contributed by atoms with Gasteiger partial charge in [-0.05, 0) is 71.1 Å². The molecule has 0 saturated carbocycles. The molecule has 3 aromatic carbocycles. The van der Waals surface area contributed by atoms with Crippen molar-refractivity contribution in [2.24, 2.45) is 0 Å². The molecule has 3 aromatic rings. The van der Waals surface area contributed by atoms with Gasteiger partial charge in [-0.3, -0.25) is 24.2 Å². The summed E-state index contributed by atoms with van der Waals surface area (Å²) in [6, 6.07) is 21.0. The standard InChI is InChI=1S/C22H14BrIN2O3/c23-15-11-9-14(10-12-15)20(27)25(19-8-4-3-7-18(19)24)13-26-21(28)16-5-1-2-6-17(16)22(26)29/h1-12H,13H2. The number of carbonyl (C=O) groups is 3. The van der Waals surface area contributed by atoms with Gasteiger partial charge in [0.15, 0.2) is 0 Å². The average Bonchev–Trinajstić information content (AvgIpc) is 2.97. The lowest BCUT2D eigenvalue weighted by Crippen LogP contribution is -2.44. The summed E-state index contributed by atoms with van der Waals surface area (Å²) in [5.41, 5.74) is 1.81. The van der Waals surface area contributed by atoms with Crippen LogP contribution in [-0.2, 0) is 0 Å². The fourth-order valence-corrected chi connectivity index (χ4v) is 4.12. The van der Waals surface area contributed by atoms with Crippen molar-refractivity contribution in [3.8, 4) is 0 Å². The predicted octanol–water partition coefficient (Wildman–Crippen LogP) is 4.95. The summed E-state index contributed by atoms with van der Waals surface area (Å²) in [6.07, 6.45) is 0. The Morgan fingerprint density at radius 2 is 1.41 bits per heavy atom. The molecule has 144 valence electrons. The molecule has 0 fully saturated rings. The van der Waals surface area contributed by atoms with Crippen LogP contribution in [0.2, 0.25) is 0 Å². The van der Waals surface area contributed by atoms with Crippen LogP contribution in [0.1, 0.15) is 31.1 Å². The number of halogens is 2. The van der Waals surface area contributed by atoms with Gasteiger partial charge in [-0.2, -0.15) is 0 Å². The van der Waals surface area contributed by atoms with Gasteiger partial charge in [-0.1, -0.05) is 40.2 Å². The van der Waals surface area contributed by atoms with Gasteiger partial charge in [0.2, 0.25) is 0 Å². The number of amides is 3. The summed E-state index contributed by atoms with van der Waals surface area (Å²) < 4.78 is 1.70. The van der Waals surface area contributed by atoms with Gasteiger partial charge in [-0.15, -0.1) is 0 Å². The Morgan fingerprint density at radius 1 is 0.862 bits per heavy atom. The summed E-state index contributed by atoms with van der Waals surface area (Å²) in [7, 11) is 0. The van der Waals surface area contributed by atoms with Gasteiger partial charge in [0.25, 0.3) is 17.7 Å². The van der Waals surface area contributed by atoms with Crippen LogP contribution in [0.5, 0.6) is 0 Å². The Hall–Kier alpha value is -2.52. The van der Waals surface area contributed by atoms with Crippen LogP contribution in [-0.4, -0.2) is 29.3 Å². The maximum Gasteiger partial charge on any atom is 0.263 e. The van der Waals surface area contributed by atoms with Crippen LogP contribution in [0.25, 0.3) is 0 Å². The lowest BCUT2D eigenvalue weighted by Gasteiger charge is -2.28. The van der Waals surface area contributed by atoms with Crippen LogP contribution in [0.4, 0.5) is 5.69 Å². The highest BCUT2D eigenvalue weighted by Crippen LogP contribution is 2.28. The molecule has 1 aliphatic rings. The van der Waals surface area contributed by atoms with Crippen LogP contribution in [0, 0.1) is 3.57 Å². The van der Waals surface area contributed by atoms with Crippen molar-refractivity contribution in [1.29, 1.82) is 0 Å². The highest BCUT2D eigenvalue weighted by atomic mass is 127. The minimum absolute atomic E-state index is 0.165. The molecule has 3 amide bonds. The normalized spacial score (nSPS) is 12.8. The molecule has 0 N–H and O–H groups in total. The quantitative estimate of drug-likeness (QED) is 0.335. The topological polar surface area (TPSA) is 57.7 Å². The molecule has 29 heavy (non-hydrogen) atoms. The van der Waals surface area contributed by atoms with Crippen molar-refractivity contribution in [3.63, 3.8) is 0 Å². The van der Waals surface area contributed by atoms with Gasteiger partial charge in [-0.25, -0.2) is 0 Å². The van der Waals surface area contributed by atoms with Crippen LogP contribution in [0.3, 0.4) is 0 Å². The number of benzene rings is 3. The van der Waals surface area contributed by atoms with E-state index in [1.54, 1.807) is 54.6 Å². The Labute approximate surface area is 189 Å². The van der Waals surface area contributed by atoms with Crippen molar-refractivity contribution in [2.75, 3.05) is 11.6 Å². The van der Waals surface area contributed by atoms with E-state index in [9.17, 15) is 14.4 Å². The molecule has 0 spiro atoms. The molecular formula is C22H14BrIN2O3. The molecule has 0 radical (unpaired) electrons.